The monoisotopic (exact) mass is 266 g/mol. The van der Waals surface area contributed by atoms with Crippen LogP contribution in [0.25, 0.3) is 0 Å². The van der Waals surface area contributed by atoms with Crippen LogP contribution in [0.4, 0.5) is 4.79 Å². The maximum absolute atomic E-state index is 12.1. The summed E-state index contributed by atoms with van der Waals surface area (Å²) >= 11 is 0. The molecule has 3 amide bonds. The topological polar surface area (TPSA) is 64.7 Å². The third-order valence-electron chi connectivity index (χ3n) is 4.55. The van der Waals surface area contributed by atoms with E-state index in [2.05, 4.69) is 15.5 Å². The van der Waals surface area contributed by atoms with Crippen LogP contribution >= 0.6 is 0 Å². The summed E-state index contributed by atoms with van der Waals surface area (Å²) in [4.78, 5) is 27.5. The molecule has 0 spiro atoms. The SMILES string of the molecule is CC1(C)NC(=O)N(CCN2CC3CNCC3C2)C1=O. The molecule has 6 heteroatoms. The summed E-state index contributed by atoms with van der Waals surface area (Å²) in [6, 6.07) is -0.254. The van der Waals surface area contributed by atoms with Crippen LogP contribution in [0.1, 0.15) is 13.8 Å². The Morgan fingerprint density at radius 3 is 2.32 bits per heavy atom. The first-order valence-corrected chi connectivity index (χ1v) is 7.04. The zero-order valence-electron chi connectivity index (χ0n) is 11.6. The van der Waals surface area contributed by atoms with Crippen LogP contribution in [0.2, 0.25) is 0 Å². The molecule has 2 unspecified atom stereocenters. The minimum absolute atomic E-state index is 0.112. The molecule has 0 aromatic carbocycles. The van der Waals surface area contributed by atoms with Crippen molar-refractivity contribution in [3.63, 3.8) is 0 Å². The summed E-state index contributed by atoms with van der Waals surface area (Å²) in [5, 5.41) is 6.13. The number of carbonyl (C=O) groups excluding carboxylic acids is 2. The largest absolute Gasteiger partial charge is 0.325 e. The predicted octanol–water partition coefficient (Wildman–Crippen LogP) is -0.532. The van der Waals surface area contributed by atoms with Gasteiger partial charge in [-0.25, -0.2) is 4.79 Å². The van der Waals surface area contributed by atoms with E-state index in [1.807, 2.05) is 0 Å². The van der Waals surface area contributed by atoms with Crippen molar-refractivity contribution in [3.8, 4) is 0 Å². The Morgan fingerprint density at radius 2 is 1.79 bits per heavy atom. The summed E-state index contributed by atoms with van der Waals surface area (Å²) in [5.74, 6) is 1.39. The third kappa shape index (κ3) is 2.23. The van der Waals surface area contributed by atoms with Gasteiger partial charge in [0, 0.05) is 26.2 Å². The van der Waals surface area contributed by atoms with E-state index in [0.29, 0.717) is 6.54 Å². The standard InChI is InChI=1S/C13H22N4O2/c1-13(2)11(18)17(12(19)15-13)4-3-16-7-9-5-14-6-10(9)8-16/h9-10,14H,3-8H2,1-2H3,(H,15,19). The molecule has 0 saturated carbocycles. The molecule has 0 aromatic rings. The Hall–Kier alpha value is -1.14. The second-order valence-electron chi connectivity index (χ2n) is 6.45. The minimum Gasteiger partial charge on any atom is -0.324 e. The maximum atomic E-state index is 12.1. The molecule has 3 rings (SSSR count). The van der Waals surface area contributed by atoms with E-state index in [9.17, 15) is 9.59 Å². The first-order chi connectivity index (χ1) is 8.97. The fraction of sp³-hybridized carbons (Fsp3) is 0.846. The lowest BCUT2D eigenvalue weighted by Gasteiger charge is -2.21. The van der Waals surface area contributed by atoms with Gasteiger partial charge in [-0.2, -0.15) is 0 Å². The molecule has 2 atom stereocenters. The number of hydrogen-bond donors (Lipinski definition) is 2. The number of nitrogens with zero attached hydrogens (tertiary/aromatic N) is 2. The highest BCUT2D eigenvalue weighted by molar-refractivity contribution is 6.06. The Balaban J connectivity index is 1.53. The molecule has 0 radical (unpaired) electrons. The normalized spacial score (nSPS) is 33.9. The number of imide groups is 1. The molecule has 6 nitrogen and oxygen atoms in total. The maximum Gasteiger partial charge on any atom is 0.325 e. The van der Waals surface area contributed by atoms with Gasteiger partial charge >= 0.3 is 6.03 Å². The zero-order valence-corrected chi connectivity index (χ0v) is 11.6. The second kappa shape index (κ2) is 4.45. The van der Waals surface area contributed by atoms with Crippen molar-refractivity contribution in [2.24, 2.45) is 11.8 Å². The van der Waals surface area contributed by atoms with Crippen molar-refractivity contribution in [3.05, 3.63) is 0 Å². The van der Waals surface area contributed by atoms with E-state index in [-0.39, 0.29) is 11.9 Å². The van der Waals surface area contributed by atoms with Crippen LogP contribution in [-0.4, -0.2) is 66.5 Å². The van der Waals surface area contributed by atoms with E-state index in [4.69, 9.17) is 0 Å². The Kier molecular flexibility index (Phi) is 3.02. The molecule has 0 bridgehead atoms. The Morgan fingerprint density at radius 1 is 1.16 bits per heavy atom. The fourth-order valence-electron chi connectivity index (χ4n) is 3.40. The summed E-state index contributed by atoms with van der Waals surface area (Å²) in [7, 11) is 0. The minimum atomic E-state index is -0.747. The van der Waals surface area contributed by atoms with Gasteiger partial charge in [-0.3, -0.25) is 9.69 Å². The van der Waals surface area contributed by atoms with E-state index in [1.54, 1.807) is 13.8 Å². The summed E-state index contributed by atoms with van der Waals surface area (Å²) in [5.41, 5.74) is -0.747. The van der Waals surface area contributed by atoms with Crippen LogP contribution in [0.15, 0.2) is 0 Å². The van der Waals surface area contributed by atoms with E-state index in [0.717, 1.165) is 44.6 Å². The molecule has 3 aliphatic rings. The van der Waals surface area contributed by atoms with Crippen molar-refractivity contribution >= 4 is 11.9 Å². The molecular weight excluding hydrogens is 244 g/mol. The Bertz CT molecular complexity index is 397. The van der Waals surface area contributed by atoms with Crippen molar-refractivity contribution < 1.29 is 9.59 Å². The smallest absolute Gasteiger partial charge is 0.324 e. The highest BCUT2D eigenvalue weighted by atomic mass is 16.2. The number of nitrogens with one attached hydrogen (secondary N) is 2. The average Bonchev–Trinajstić information content (AvgIpc) is 2.92. The number of fused-ring (bicyclic) bond motifs is 1. The number of urea groups is 1. The van der Waals surface area contributed by atoms with Crippen molar-refractivity contribution in [1.29, 1.82) is 0 Å². The lowest BCUT2D eigenvalue weighted by atomic mass is 10.0. The first-order valence-electron chi connectivity index (χ1n) is 7.04. The second-order valence-corrected chi connectivity index (χ2v) is 6.45. The number of rotatable bonds is 3. The highest BCUT2D eigenvalue weighted by Crippen LogP contribution is 2.26. The summed E-state index contributed by atoms with van der Waals surface area (Å²) in [6.45, 7) is 9.19. The van der Waals surface area contributed by atoms with Crippen LogP contribution in [0, 0.1) is 11.8 Å². The van der Waals surface area contributed by atoms with Crippen molar-refractivity contribution in [2.75, 3.05) is 39.3 Å². The van der Waals surface area contributed by atoms with Crippen LogP contribution in [-0.2, 0) is 4.79 Å². The van der Waals surface area contributed by atoms with Gasteiger partial charge in [-0.05, 0) is 38.8 Å². The van der Waals surface area contributed by atoms with Gasteiger partial charge in [0.25, 0.3) is 5.91 Å². The number of likely N-dealkylation sites (tertiary alicyclic amines) is 1. The predicted molar refractivity (Wildman–Crippen MR) is 70.6 cm³/mol. The molecule has 0 aliphatic carbocycles. The van der Waals surface area contributed by atoms with Gasteiger partial charge in [0.1, 0.15) is 5.54 Å². The van der Waals surface area contributed by atoms with Crippen LogP contribution < -0.4 is 10.6 Å². The molecule has 3 fully saturated rings. The summed E-state index contributed by atoms with van der Waals surface area (Å²) < 4.78 is 0. The van der Waals surface area contributed by atoms with E-state index < -0.39 is 5.54 Å². The van der Waals surface area contributed by atoms with Crippen LogP contribution in [0.5, 0.6) is 0 Å². The molecule has 106 valence electrons. The van der Waals surface area contributed by atoms with Crippen LogP contribution in [0.3, 0.4) is 0 Å². The van der Waals surface area contributed by atoms with Gasteiger partial charge in [-0.1, -0.05) is 0 Å². The Labute approximate surface area is 113 Å². The van der Waals surface area contributed by atoms with Gasteiger partial charge < -0.3 is 15.5 Å². The third-order valence-corrected chi connectivity index (χ3v) is 4.55. The van der Waals surface area contributed by atoms with Crippen molar-refractivity contribution in [1.82, 2.24) is 20.4 Å². The molecule has 3 heterocycles. The average molecular weight is 266 g/mol. The first kappa shape index (κ1) is 12.9. The lowest BCUT2D eigenvalue weighted by molar-refractivity contribution is -0.130. The zero-order chi connectivity index (χ0) is 13.6. The molecule has 2 N–H and O–H groups in total. The summed E-state index contributed by atoms with van der Waals surface area (Å²) in [6.07, 6.45) is 0. The van der Waals surface area contributed by atoms with Gasteiger partial charge in [0.05, 0.1) is 0 Å². The molecule has 3 aliphatic heterocycles. The fourth-order valence-corrected chi connectivity index (χ4v) is 3.40. The quantitative estimate of drug-likeness (QED) is 0.674. The lowest BCUT2D eigenvalue weighted by Crippen LogP contribution is -2.42. The molecular formula is C13H22N4O2. The van der Waals surface area contributed by atoms with Crippen molar-refractivity contribution in [2.45, 2.75) is 19.4 Å². The molecule has 19 heavy (non-hydrogen) atoms. The van der Waals surface area contributed by atoms with Gasteiger partial charge in [0.15, 0.2) is 0 Å². The van der Waals surface area contributed by atoms with E-state index in [1.165, 1.54) is 4.90 Å². The highest BCUT2D eigenvalue weighted by Gasteiger charge is 2.44. The van der Waals surface area contributed by atoms with E-state index >= 15 is 0 Å². The number of hydrogen-bond acceptors (Lipinski definition) is 4. The molecule has 0 aromatic heterocycles. The number of carbonyl (C=O) groups is 2. The van der Waals surface area contributed by atoms with Gasteiger partial charge in [-0.15, -0.1) is 0 Å². The van der Waals surface area contributed by atoms with Gasteiger partial charge in [0.2, 0.25) is 0 Å². The molecule has 3 saturated heterocycles. The number of amides is 3.